The maximum atomic E-state index is 12.4. The average Bonchev–Trinajstić information content (AvgIpc) is 3.23. The number of aromatic nitrogens is 4. The van der Waals surface area contributed by atoms with Gasteiger partial charge in [-0.15, -0.1) is 0 Å². The molecule has 0 radical (unpaired) electrons. The van der Waals surface area contributed by atoms with Crippen LogP contribution in [0.4, 0.5) is 0 Å². The lowest BCUT2D eigenvalue weighted by Gasteiger charge is -2.14. The molecule has 0 aliphatic heterocycles. The molecule has 2 aromatic heterocycles. The van der Waals surface area contributed by atoms with E-state index in [4.69, 9.17) is 16.3 Å². The number of hydrogen-bond donors (Lipinski definition) is 0. The normalized spacial score (nSPS) is 10.7. The zero-order chi connectivity index (χ0) is 17.8. The number of hydrogen-bond acceptors (Lipinski definition) is 4. The minimum absolute atomic E-state index is 0.158. The molecule has 1 amide bonds. The number of rotatable bonds is 6. The predicted octanol–water partition coefficient (Wildman–Crippen LogP) is 2.58. The van der Waals surface area contributed by atoms with Gasteiger partial charge < -0.3 is 9.64 Å². The first-order valence-corrected chi connectivity index (χ1v) is 8.04. The number of carbonyl (C=O) groups excluding carboxylic acids is 1. The Kier molecular flexibility index (Phi) is 5.04. The number of carbonyl (C=O) groups is 1. The molecule has 0 aliphatic carbocycles. The molecule has 0 bridgehead atoms. The van der Waals surface area contributed by atoms with E-state index in [2.05, 4.69) is 10.2 Å². The van der Waals surface area contributed by atoms with Crippen molar-refractivity contribution in [1.29, 1.82) is 0 Å². The van der Waals surface area contributed by atoms with Gasteiger partial charge in [0, 0.05) is 43.6 Å². The van der Waals surface area contributed by atoms with Crippen molar-refractivity contribution in [1.82, 2.24) is 24.5 Å². The first-order chi connectivity index (χ1) is 12.0. The highest BCUT2D eigenvalue weighted by atomic mass is 35.5. The van der Waals surface area contributed by atoms with Gasteiger partial charge in [-0.2, -0.15) is 10.2 Å². The summed E-state index contributed by atoms with van der Waals surface area (Å²) in [6.07, 6.45) is 5.33. The van der Waals surface area contributed by atoms with Crippen LogP contribution in [-0.4, -0.2) is 37.4 Å². The van der Waals surface area contributed by atoms with Gasteiger partial charge in [0.25, 0.3) is 5.91 Å². The van der Waals surface area contributed by atoms with Gasteiger partial charge in [-0.25, -0.2) is 4.68 Å². The van der Waals surface area contributed by atoms with Gasteiger partial charge in [0.05, 0.1) is 6.20 Å². The summed E-state index contributed by atoms with van der Waals surface area (Å²) < 4.78 is 8.88. The van der Waals surface area contributed by atoms with Crippen molar-refractivity contribution < 1.29 is 9.53 Å². The van der Waals surface area contributed by atoms with E-state index in [9.17, 15) is 4.79 Å². The molecule has 8 heteroatoms. The van der Waals surface area contributed by atoms with Crippen molar-refractivity contribution in [2.24, 2.45) is 7.05 Å². The third kappa shape index (κ3) is 4.39. The Morgan fingerprint density at radius 3 is 2.72 bits per heavy atom. The summed E-state index contributed by atoms with van der Waals surface area (Å²) in [6.45, 7) is 0.683. The number of halogens is 1. The topological polar surface area (TPSA) is 65.2 Å². The van der Waals surface area contributed by atoms with E-state index < -0.39 is 0 Å². The smallest absolute Gasteiger partial charge is 0.274 e. The summed E-state index contributed by atoms with van der Waals surface area (Å²) in [7, 11) is 3.58. The number of ether oxygens (including phenoxy) is 1. The molecule has 0 unspecified atom stereocenters. The Hall–Kier alpha value is -2.80. The van der Waals surface area contributed by atoms with Crippen LogP contribution in [0, 0.1) is 0 Å². The SMILES string of the molecule is CN(Cc1cnn(C)c1)C(=O)c1ccn(COc2ccc(Cl)cc2)n1. The van der Waals surface area contributed by atoms with Crippen molar-refractivity contribution in [2.45, 2.75) is 13.3 Å². The van der Waals surface area contributed by atoms with E-state index in [1.54, 1.807) is 64.0 Å². The Morgan fingerprint density at radius 1 is 1.28 bits per heavy atom. The molecule has 1 aromatic carbocycles. The molecule has 25 heavy (non-hydrogen) atoms. The molecule has 0 aliphatic rings. The van der Waals surface area contributed by atoms with Crippen LogP contribution >= 0.6 is 11.6 Å². The summed E-state index contributed by atoms with van der Waals surface area (Å²) >= 11 is 5.84. The largest absolute Gasteiger partial charge is 0.471 e. The van der Waals surface area contributed by atoms with E-state index in [0.717, 1.165) is 5.56 Å². The lowest BCUT2D eigenvalue weighted by Crippen LogP contribution is -2.26. The quantitative estimate of drug-likeness (QED) is 0.678. The molecule has 0 saturated carbocycles. The van der Waals surface area contributed by atoms with Crippen LogP contribution in [0.2, 0.25) is 5.02 Å². The lowest BCUT2D eigenvalue weighted by atomic mass is 10.3. The molecule has 2 heterocycles. The van der Waals surface area contributed by atoms with Crippen LogP contribution in [0.25, 0.3) is 0 Å². The highest BCUT2D eigenvalue weighted by molar-refractivity contribution is 6.30. The lowest BCUT2D eigenvalue weighted by molar-refractivity contribution is 0.0777. The van der Waals surface area contributed by atoms with Crippen LogP contribution in [0.15, 0.2) is 48.9 Å². The fourth-order valence-electron chi connectivity index (χ4n) is 2.31. The minimum Gasteiger partial charge on any atom is -0.471 e. The van der Waals surface area contributed by atoms with Crippen molar-refractivity contribution >= 4 is 17.5 Å². The molecule has 3 rings (SSSR count). The standard InChI is InChI=1S/C17H18ClN5O2/c1-21(10-13-9-19-22(2)11-13)17(24)16-7-8-23(20-16)12-25-15-5-3-14(18)4-6-15/h3-9,11H,10,12H2,1-2H3. The van der Waals surface area contributed by atoms with Crippen LogP contribution < -0.4 is 4.74 Å². The molecule has 7 nitrogen and oxygen atoms in total. The second-order valence-corrected chi connectivity index (χ2v) is 6.09. The van der Waals surface area contributed by atoms with E-state index in [1.807, 2.05) is 13.2 Å². The van der Waals surface area contributed by atoms with Crippen LogP contribution in [-0.2, 0) is 20.3 Å². The van der Waals surface area contributed by atoms with Crippen molar-refractivity contribution in [3.63, 3.8) is 0 Å². The van der Waals surface area contributed by atoms with Crippen molar-refractivity contribution in [2.75, 3.05) is 7.05 Å². The van der Waals surface area contributed by atoms with E-state index >= 15 is 0 Å². The Bertz CT molecular complexity index is 856. The summed E-state index contributed by atoms with van der Waals surface area (Å²) in [6, 6.07) is 8.73. The van der Waals surface area contributed by atoms with E-state index in [-0.39, 0.29) is 12.6 Å². The predicted molar refractivity (Wildman–Crippen MR) is 93.3 cm³/mol. The number of benzene rings is 1. The Morgan fingerprint density at radius 2 is 2.04 bits per heavy atom. The number of amides is 1. The number of aryl methyl sites for hydroxylation is 1. The molecule has 0 atom stereocenters. The van der Waals surface area contributed by atoms with Gasteiger partial charge >= 0.3 is 0 Å². The third-order valence-corrected chi connectivity index (χ3v) is 3.81. The van der Waals surface area contributed by atoms with Gasteiger partial charge in [0.15, 0.2) is 12.4 Å². The van der Waals surface area contributed by atoms with E-state index in [0.29, 0.717) is 23.0 Å². The van der Waals surface area contributed by atoms with Crippen molar-refractivity contribution in [3.05, 3.63) is 65.2 Å². The van der Waals surface area contributed by atoms with Gasteiger partial charge in [0.2, 0.25) is 0 Å². The summed E-state index contributed by atoms with van der Waals surface area (Å²) in [5.74, 6) is 0.524. The van der Waals surface area contributed by atoms with Gasteiger partial charge in [-0.05, 0) is 30.3 Å². The van der Waals surface area contributed by atoms with Gasteiger partial charge in [-0.1, -0.05) is 11.6 Å². The Labute approximate surface area is 150 Å². The minimum atomic E-state index is -0.158. The van der Waals surface area contributed by atoms with Crippen LogP contribution in [0.3, 0.4) is 0 Å². The number of nitrogens with zero attached hydrogens (tertiary/aromatic N) is 5. The molecule has 3 aromatic rings. The summed E-state index contributed by atoms with van der Waals surface area (Å²) in [5, 5.41) is 9.01. The zero-order valence-electron chi connectivity index (χ0n) is 14.0. The molecule has 0 spiro atoms. The molecule has 0 saturated heterocycles. The highest BCUT2D eigenvalue weighted by Crippen LogP contribution is 2.16. The molecular formula is C17H18ClN5O2. The maximum Gasteiger partial charge on any atom is 0.274 e. The zero-order valence-corrected chi connectivity index (χ0v) is 14.7. The Balaban J connectivity index is 1.58. The second-order valence-electron chi connectivity index (χ2n) is 5.65. The fourth-order valence-corrected chi connectivity index (χ4v) is 2.44. The van der Waals surface area contributed by atoms with Crippen LogP contribution in [0.1, 0.15) is 16.1 Å². The monoisotopic (exact) mass is 359 g/mol. The van der Waals surface area contributed by atoms with Gasteiger partial charge in [0.1, 0.15) is 5.75 Å². The maximum absolute atomic E-state index is 12.4. The summed E-state index contributed by atoms with van der Waals surface area (Å²) in [4.78, 5) is 14.0. The van der Waals surface area contributed by atoms with E-state index in [1.165, 1.54) is 0 Å². The molecule has 0 fully saturated rings. The first kappa shape index (κ1) is 17.0. The fraction of sp³-hybridized carbons (Fsp3) is 0.235. The second kappa shape index (κ2) is 7.40. The molecular weight excluding hydrogens is 342 g/mol. The average molecular weight is 360 g/mol. The van der Waals surface area contributed by atoms with Crippen LogP contribution in [0.5, 0.6) is 5.75 Å². The molecule has 0 N–H and O–H groups in total. The third-order valence-electron chi connectivity index (χ3n) is 3.56. The molecule has 130 valence electrons. The first-order valence-electron chi connectivity index (χ1n) is 7.66. The van der Waals surface area contributed by atoms with Gasteiger partial charge in [-0.3, -0.25) is 9.48 Å². The summed E-state index contributed by atoms with van der Waals surface area (Å²) in [5.41, 5.74) is 1.33. The highest BCUT2D eigenvalue weighted by Gasteiger charge is 2.15. The van der Waals surface area contributed by atoms with Crippen molar-refractivity contribution in [3.8, 4) is 5.75 Å².